The largest absolute Gasteiger partial charge is 0.464 e. The Morgan fingerprint density at radius 2 is 2.37 bits per heavy atom. The second-order valence-electron chi connectivity index (χ2n) is 4.30. The van der Waals surface area contributed by atoms with Gasteiger partial charge < -0.3 is 15.0 Å². The number of esters is 1. The van der Waals surface area contributed by atoms with Gasteiger partial charge >= 0.3 is 5.97 Å². The second kappa shape index (κ2) is 5.99. The van der Waals surface area contributed by atoms with Gasteiger partial charge in [0.2, 0.25) is 0 Å². The van der Waals surface area contributed by atoms with Gasteiger partial charge in [-0.05, 0) is 26.0 Å². The quantitative estimate of drug-likeness (QED) is 0.825. The van der Waals surface area contributed by atoms with Crippen LogP contribution in [0.2, 0.25) is 0 Å². The van der Waals surface area contributed by atoms with Crippen LogP contribution in [0.3, 0.4) is 0 Å². The highest BCUT2D eigenvalue weighted by atomic mass is 32.1. The fraction of sp³-hybridized carbons (Fsp3) is 0.385. The molecule has 0 saturated carbocycles. The van der Waals surface area contributed by atoms with Crippen LogP contribution in [0.25, 0.3) is 0 Å². The Balaban J connectivity index is 1.91. The second-order valence-corrected chi connectivity index (χ2v) is 5.57. The number of hydrogen-bond acceptors (Lipinski definition) is 5. The molecule has 0 aliphatic heterocycles. The average molecular weight is 279 g/mol. The van der Waals surface area contributed by atoms with Gasteiger partial charge in [-0.25, -0.2) is 9.78 Å². The molecule has 0 radical (unpaired) electrons. The number of nitrogens with zero attached hydrogens (tertiary/aromatic N) is 1. The summed E-state index contributed by atoms with van der Waals surface area (Å²) in [6.45, 7) is 4.76. The van der Waals surface area contributed by atoms with Gasteiger partial charge in [-0.3, -0.25) is 0 Å². The van der Waals surface area contributed by atoms with E-state index in [0.717, 1.165) is 10.7 Å². The van der Waals surface area contributed by atoms with E-state index in [0.29, 0.717) is 12.2 Å². The molecule has 0 aromatic carbocycles. The Morgan fingerprint density at radius 1 is 1.58 bits per heavy atom. The number of hydrogen-bond donors (Lipinski definition) is 2. The van der Waals surface area contributed by atoms with E-state index in [1.807, 2.05) is 19.2 Å². The van der Waals surface area contributed by atoms with Gasteiger partial charge in [-0.1, -0.05) is 0 Å². The number of carbonyl (C=O) groups excluding carboxylic acids is 1. The Bertz CT molecular complexity index is 562. The zero-order valence-electron chi connectivity index (χ0n) is 11.2. The summed E-state index contributed by atoms with van der Waals surface area (Å²) in [5.74, 6) is -0.352. The van der Waals surface area contributed by atoms with Gasteiger partial charge in [0.15, 0.2) is 0 Å². The van der Waals surface area contributed by atoms with E-state index in [1.165, 1.54) is 12.0 Å². The lowest BCUT2D eigenvalue weighted by Gasteiger charge is -2.09. The molecular formula is C13H17N3O2S. The first kappa shape index (κ1) is 13.8. The molecular weight excluding hydrogens is 262 g/mol. The minimum Gasteiger partial charge on any atom is -0.464 e. The van der Waals surface area contributed by atoms with Gasteiger partial charge in [0.25, 0.3) is 0 Å². The maximum absolute atomic E-state index is 11.3. The summed E-state index contributed by atoms with van der Waals surface area (Å²) in [5.41, 5.74) is 1.41. The smallest absolute Gasteiger partial charge is 0.354 e. The minimum absolute atomic E-state index is 0.184. The Kier molecular flexibility index (Phi) is 4.34. The number of carbonyl (C=O) groups is 1. The first-order valence-corrected chi connectivity index (χ1v) is 6.83. The molecule has 0 bridgehead atoms. The molecule has 0 amide bonds. The highest BCUT2D eigenvalue weighted by Gasteiger charge is 2.11. The number of aryl methyl sites for hydroxylation is 1. The lowest BCUT2D eigenvalue weighted by molar-refractivity contribution is 0.0594. The van der Waals surface area contributed by atoms with Gasteiger partial charge in [0.05, 0.1) is 13.2 Å². The first-order valence-electron chi connectivity index (χ1n) is 6.02. The Morgan fingerprint density at radius 3 is 3.00 bits per heavy atom. The van der Waals surface area contributed by atoms with E-state index in [2.05, 4.69) is 26.9 Å². The number of rotatable bonds is 5. The molecule has 2 heterocycles. The molecule has 2 aromatic heterocycles. The monoisotopic (exact) mass is 279 g/mol. The number of nitrogens with one attached hydrogen (secondary N) is 2. The number of thiazole rings is 1. The lowest BCUT2D eigenvalue weighted by Crippen LogP contribution is -2.18. The molecule has 2 rings (SSSR count). The summed E-state index contributed by atoms with van der Waals surface area (Å²) in [5, 5.41) is 4.43. The molecule has 2 N–H and O–H groups in total. The molecule has 6 heteroatoms. The Labute approximate surface area is 116 Å². The normalized spacial score (nSPS) is 12.4. The zero-order valence-corrected chi connectivity index (χ0v) is 12.0. The molecule has 0 aliphatic rings. The van der Waals surface area contributed by atoms with Gasteiger partial charge in [0.1, 0.15) is 10.7 Å². The van der Waals surface area contributed by atoms with Crippen molar-refractivity contribution < 1.29 is 9.53 Å². The minimum atomic E-state index is -0.352. The molecule has 0 spiro atoms. The summed E-state index contributed by atoms with van der Waals surface area (Å²) in [6, 6.07) is 3.78. The molecule has 102 valence electrons. The summed E-state index contributed by atoms with van der Waals surface area (Å²) in [6.07, 6.45) is 1.88. The third-order valence-corrected chi connectivity index (χ3v) is 3.86. The van der Waals surface area contributed by atoms with Crippen molar-refractivity contribution in [3.05, 3.63) is 39.6 Å². The molecule has 2 aromatic rings. The van der Waals surface area contributed by atoms with Crippen LogP contribution in [0.5, 0.6) is 0 Å². The fourth-order valence-corrected chi connectivity index (χ4v) is 2.50. The van der Waals surface area contributed by atoms with Crippen molar-refractivity contribution >= 4 is 17.3 Å². The molecule has 0 aliphatic carbocycles. The molecule has 1 atom stereocenters. The maximum atomic E-state index is 11.3. The van der Waals surface area contributed by atoms with Crippen LogP contribution in [0.1, 0.15) is 39.0 Å². The third kappa shape index (κ3) is 3.42. The van der Waals surface area contributed by atoms with E-state index in [-0.39, 0.29) is 12.0 Å². The van der Waals surface area contributed by atoms with Crippen LogP contribution >= 0.6 is 11.3 Å². The Hall–Kier alpha value is -1.66. The molecule has 0 saturated heterocycles. The van der Waals surface area contributed by atoms with Crippen molar-refractivity contribution in [2.24, 2.45) is 0 Å². The van der Waals surface area contributed by atoms with Crippen molar-refractivity contribution in [1.29, 1.82) is 0 Å². The van der Waals surface area contributed by atoms with Crippen molar-refractivity contribution in [2.75, 3.05) is 7.11 Å². The van der Waals surface area contributed by atoms with Crippen LogP contribution in [-0.2, 0) is 11.3 Å². The summed E-state index contributed by atoms with van der Waals surface area (Å²) >= 11 is 1.69. The first-order chi connectivity index (χ1) is 9.10. The molecule has 1 unspecified atom stereocenters. The van der Waals surface area contributed by atoms with Gasteiger partial charge in [-0.15, -0.1) is 11.3 Å². The average Bonchev–Trinajstić information content (AvgIpc) is 3.04. The number of ether oxygens (including phenoxy) is 1. The summed E-state index contributed by atoms with van der Waals surface area (Å²) < 4.78 is 4.65. The van der Waals surface area contributed by atoms with E-state index >= 15 is 0 Å². The lowest BCUT2D eigenvalue weighted by atomic mass is 10.3. The summed E-state index contributed by atoms with van der Waals surface area (Å²) in [7, 11) is 1.37. The maximum Gasteiger partial charge on any atom is 0.354 e. The van der Waals surface area contributed by atoms with Crippen molar-refractivity contribution in [3.63, 3.8) is 0 Å². The number of methoxy groups -OCH3 is 1. The highest BCUT2D eigenvalue weighted by Crippen LogP contribution is 2.19. The van der Waals surface area contributed by atoms with Crippen molar-refractivity contribution in [1.82, 2.24) is 15.3 Å². The molecule has 5 nitrogen and oxygen atoms in total. The van der Waals surface area contributed by atoms with Crippen molar-refractivity contribution in [2.45, 2.75) is 26.4 Å². The number of H-pyrrole nitrogens is 1. The van der Waals surface area contributed by atoms with E-state index in [1.54, 1.807) is 17.4 Å². The van der Waals surface area contributed by atoms with E-state index in [9.17, 15) is 4.79 Å². The van der Waals surface area contributed by atoms with E-state index in [4.69, 9.17) is 0 Å². The predicted octanol–water partition coefficient (Wildman–Crippen LogP) is 2.42. The standard InChI is InChI=1S/C13H17N3O2S/c1-8-6-15-12(19-8)9(2)14-7-10-4-5-11(16-10)13(17)18-3/h4-6,9,14,16H,7H2,1-3H3. The third-order valence-electron chi connectivity index (χ3n) is 2.76. The molecule has 0 fully saturated rings. The zero-order chi connectivity index (χ0) is 13.8. The topological polar surface area (TPSA) is 67.0 Å². The van der Waals surface area contributed by atoms with Crippen LogP contribution < -0.4 is 5.32 Å². The van der Waals surface area contributed by atoms with Crippen LogP contribution in [0, 0.1) is 6.92 Å². The van der Waals surface area contributed by atoms with Gasteiger partial charge in [-0.2, -0.15) is 0 Å². The highest BCUT2D eigenvalue weighted by molar-refractivity contribution is 7.11. The van der Waals surface area contributed by atoms with Crippen LogP contribution in [0.15, 0.2) is 18.3 Å². The van der Waals surface area contributed by atoms with E-state index < -0.39 is 0 Å². The number of aromatic nitrogens is 2. The van der Waals surface area contributed by atoms with Gasteiger partial charge in [0, 0.05) is 23.3 Å². The SMILES string of the molecule is COC(=O)c1ccc(CNC(C)c2ncc(C)s2)[nH]1. The predicted molar refractivity (Wildman–Crippen MR) is 74.2 cm³/mol. The van der Waals surface area contributed by atoms with Crippen molar-refractivity contribution in [3.8, 4) is 0 Å². The van der Waals surface area contributed by atoms with Crippen LogP contribution in [0.4, 0.5) is 0 Å². The fourth-order valence-electron chi connectivity index (χ4n) is 1.70. The summed E-state index contributed by atoms with van der Waals surface area (Å²) in [4.78, 5) is 19.9. The van der Waals surface area contributed by atoms with Crippen LogP contribution in [-0.4, -0.2) is 23.0 Å². The number of aromatic amines is 1. The molecule has 19 heavy (non-hydrogen) atoms.